The summed E-state index contributed by atoms with van der Waals surface area (Å²) in [6.45, 7) is 2.43. The molecule has 4 aromatic rings. The van der Waals surface area contributed by atoms with Crippen molar-refractivity contribution in [3.05, 3.63) is 101 Å². The van der Waals surface area contributed by atoms with Crippen LogP contribution in [0.15, 0.2) is 79.1 Å². The van der Waals surface area contributed by atoms with Gasteiger partial charge in [0.1, 0.15) is 0 Å². The van der Waals surface area contributed by atoms with Crippen LogP contribution in [-0.2, 0) is 6.54 Å². The largest absolute Gasteiger partial charge is 0.347 e. The van der Waals surface area contributed by atoms with E-state index in [1.54, 1.807) is 35.3 Å². The van der Waals surface area contributed by atoms with Crippen LogP contribution in [0.5, 0.6) is 0 Å². The first-order chi connectivity index (χ1) is 14.1. The molecule has 5 nitrogen and oxygen atoms in total. The number of aryl methyl sites for hydroxylation is 1. The smallest absolute Gasteiger partial charge is 0.272 e. The molecule has 4 rings (SSSR count). The second-order valence-corrected chi connectivity index (χ2v) is 7.15. The molecule has 2 aromatic heterocycles. The van der Waals surface area contributed by atoms with Crippen molar-refractivity contribution in [3.8, 4) is 16.9 Å². The van der Waals surface area contributed by atoms with Crippen molar-refractivity contribution in [2.75, 3.05) is 0 Å². The number of rotatable bonds is 5. The molecule has 0 aliphatic rings. The van der Waals surface area contributed by atoms with Crippen molar-refractivity contribution >= 4 is 17.5 Å². The minimum Gasteiger partial charge on any atom is -0.347 e. The lowest BCUT2D eigenvalue weighted by atomic mass is 10.1. The molecule has 2 heterocycles. The van der Waals surface area contributed by atoms with Crippen LogP contribution in [0.1, 0.15) is 21.6 Å². The quantitative estimate of drug-likeness (QED) is 0.520. The second-order valence-electron chi connectivity index (χ2n) is 6.71. The Kier molecular flexibility index (Phi) is 5.40. The van der Waals surface area contributed by atoms with E-state index in [-0.39, 0.29) is 5.91 Å². The molecular weight excluding hydrogens is 384 g/mol. The predicted molar refractivity (Wildman–Crippen MR) is 114 cm³/mol. The van der Waals surface area contributed by atoms with Gasteiger partial charge in [0.25, 0.3) is 5.91 Å². The van der Waals surface area contributed by atoms with Crippen molar-refractivity contribution in [2.24, 2.45) is 0 Å². The topological polar surface area (TPSA) is 59.8 Å². The summed E-state index contributed by atoms with van der Waals surface area (Å²) in [5.41, 5.74) is 5.04. The normalized spacial score (nSPS) is 10.7. The molecule has 1 N–H and O–H groups in total. The molecule has 29 heavy (non-hydrogen) atoms. The third-order valence-corrected chi connectivity index (χ3v) is 4.80. The maximum Gasteiger partial charge on any atom is 0.272 e. The molecule has 6 heteroatoms. The Labute approximate surface area is 174 Å². The molecule has 0 aliphatic carbocycles. The number of nitrogens with zero attached hydrogens (tertiary/aromatic N) is 3. The molecule has 0 fully saturated rings. The molecule has 0 saturated carbocycles. The highest BCUT2D eigenvalue weighted by Crippen LogP contribution is 2.23. The third-order valence-electron chi connectivity index (χ3n) is 4.54. The van der Waals surface area contributed by atoms with Crippen molar-refractivity contribution in [3.63, 3.8) is 0 Å². The maximum absolute atomic E-state index is 12.7. The van der Waals surface area contributed by atoms with Crippen LogP contribution in [0.25, 0.3) is 16.9 Å². The van der Waals surface area contributed by atoms with Gasteiger partial charge in [0, 0.05) is 29.5 Å². The zero-order chi connectivity index (χ0) is 20.2. The molecule has 0 spiro atoms. The van der Waals surface area contributed by atoms with E-state index in [2.05, 4.69) is 15.4 Å². The second kappa shape index (κ2) is 8.29. The number of aromatic nitrogens is 3. The van der Waals surface area contributed by atoms with E-state index < -0.39 is 0 Å². The molecule has 0 atom stereocenters. The first-order valence-corrected chi connectivity index (χ1v) is 9.58. The van der Waals surface area contributed by atoms with Gasteiger partial charge in [-0.15, -0.1) is 0 Å². The van der Waals surface area contributed by atoms with Crippen molar-refractivity contribution < 1.29 is 4.79 Å². The lowest BCUT2D eigenvalue weighted by Crippen LogP contribution is -2.23. The standard InChI is InChI=1S/C23H19ClN4O/c1-16-4-10-20(11-5-16)28-22(18-3-2-12-25-15-18)13-21(27-28)23(29)26-14-17-6-8-19(24)9-7-17/h2-13,15H,14H2,1H3,(H,26,29). The molecule has 2 aromatic carbocycles. The zero-order valence-electron chi connectivity index (χ0n) is 15.8. The third kappa shape index (κ3) is 4.36. The SMILES string of the molecule is Cc1ccc(-n2nc(C(=O)NCc3ccc(Cl)cc3)cc2-c2cccnc2)cc1. The summed E-state index contributed by atoms with van der Waals surface area (Å²) in [4.78, 5) is 16.9. The van der Waals surface area contributed by atoms with E-state index in [0.717, 1.165) is 28.1 Å². The highest BCUT2D eigenvalue weighted by molar-refractivity contribution is 6.30. The number of nitrogens with one attached hydrogen (secondary N) is 1. The Balaban J connectivity index is 1.64. The molecule has 1 amide bonds. The van der Waals surface area contributed by atoms with Gasteiger partial charge in [-0.3, -0.25) is 9.78 Å². The van der Waals surface area contributed by atoms with Gasteiger partial charge in [0.2, 0.25) is 0 Å². The minimum absolute atomic E-state index is 0.240. The summed E-state index contributed by atoms with van der Waals surface area (Å²) < 4.78 is 1.77. The number of hydrogen-bond acceptors (Lipinski definition) is 3. The van der Waals surface area contributed by atoms with Crippen LogP contribution in [0.3, 0.4) is 0 Å². The molecule has 0 bridgehead atoms. The van der Waals surface area contributed by atoms with Gasteiger partial charge in [-0.2, -0.15) is 5.10 Å². The van der Waals surface area contributed by atoms with Crippen molar-refractivity contribution in [2.45, 2.75) is 13.5 Å². The average Bonchev–Trinajstić information content (AvgIpc) is 3.20. The number of carbonyl (C=O) groups is 1. The van der Waals surface area contributed by atoms with Gasteiger partial charge in [-0.05, 0) is 55.0 Å². The van der Waals surface area contributed by atoms with Gasteiger partial charge in [-0.1, -0.05) is 41.4 Å². The van der Waals surface area contributed by atoms with Crippen LogP contribution in [0.4, 0.5) is 0 Å². The van der Waals surface area contributed by atoms with E-state index in [9.17, 15) is 4.79 Å². The zero-order valence-corrected chi connectivity index (χ0v) is 16.6. The van der Waals surface area contributed by atoms with Gasteiger partial charge < -0.3 is 5.32 Å². The summed E-state index contributed by atoms with van der Waals surface area (Å²) in [5, 5.41) is 8.15. The maximum atomic E-state index is 12.7. The summed E-state index contributed by atoms with van der Waals surface area (Å²) >= 11 is 5.91. The van der Waals surface area contributed by atoms with Gasteiger partial charge in [-0.25, -0.2) is 4.68 Å². The predicted octanol–water partition coefficient (Wildman–Crippen LogP) is 4.83. The van der Waals surface area contributed by atoms with E-state index >= 15 is 0 Å². The first kappa shape index (κ1) is 18.9. The molecule has 144 valence electrons. The lowest BCUT2D eigenvalue weighted by Gasteiger charge is -2.07. The Hall–Kier alpha value is -3.44. The van der Waals surface area contributed by atoms with E-state index in [1.165, 1.54) is 0 Å². The van der Waals surface area contributed by atoms with Crippen LogP contribution in [0.2, 0.25) is 5.02 Å². The molecule has 0 radical (unpaired) electrons. The first-order valence-electron chi connectivity index (χ1n) is 9.20. The van der Waals surface area contributed by atoms with Crippen LogP contribution < -0.4 is 5.32 Å². The van der Waals surface area contributed by atoms with E-state index in [4.69, 9.17) is 11.6 Å². The minimum atomic E-state index is -0.240. The summed E-state index contributed by atoms with van der Waals surface area (Å²) in [6, 6.07) is 21.0. The summed E-state index contributed by atoms with van der Waals surface area (Å²) in [6.07, 6.45) is 3.48. The van der Waals surface area contributed by atoms with E-state index in [1.807, 2.05) is 55.5 Å². The van der Waals surface area contributed by atoms with Gasteiger partial charge in [0.05, 0.1) is 11.4 Å². The van der Waals surface area contributed by atoms with Crippen LogP contribution in [-0.4, -0.2) is 20.7 Å². The Morgan fingerprint density at radius 2 is 1.83 bits per heavy atom. The van der Waals surface area contributed by atoms with Crippen molar-refractivity contribution in [1.29, 1.82) is 0 Å². The van der Waals surface area contributed by atoms with E-state index in [0.29, 0.717) is 17.3 Å². The number of carbonyl (C=O) groups excluding carboxylic acids is 1. The Morgan fingerprint density at radius 1 is 1.07 bits per heavy atom. The lowest BCUT2D eigenvalue weighted by molar-refractivity contribution is 0.0945. The van der Waals surface area contributed by atoms with Gasteiger partial charge in [0.15, 0.2) is 5.69 Å². The Morgan fingerprint density at radius 3 is 2.52 bits per heavy atom. The fourth-order valence-electron chi connectivity index (χ4n) is 2.97. The number of hydrogen-bond donors (Lipinski definition) is 1. The van der Waals surface area contributed by atoms with Crippen molar-refractivity contribution in [1.82, 2.24) is 20.1 Å². The summed E-state index contributed by atoms with van der Waals surface area (Å²) in [7, 11) is 0. The number of halogens is 1. The number of benzene rings is 2. The average molecular weight is 403 g/mol. The van der Waals surface area contributed by atoms with Crippen LogP contribution >= 0.6 is 11.6 Å². The Bertz CT molecular complexity index is 1120. The van der Waals surface area contributed by atoms with Crippen LogP contribution in [0, 0.1) is 6.92 Å². The monoisotopic (exact) mass is 402 g/mol. The van der Waals surface area contributed by atoms with Gasteiger partial charge >= 0.3 is 0 Å². The fraction of sp³-hybridized carbons (Fsp3) is 0.0870. The molecular formula is C23H19ClN4O. The summed E-state index contributed by atoms with van der Waals surface area (Å²) in [5.74, 6) is -0.240. The highest BCUT2D eigenvalue weighted by atomic mass is 35.5. The molecule has 0 saturated heterocycles. The highest BCUT2D eigenvalue weighted by Gasteiger charge is 2.17. The molecule has 0 unspecified atom stereocenters. The fourth-order valence-corrected chi connectivity index (χ4v) is 3.10. The number of pyridine rings is 1. The molecule has 0 aliphatic heterocycles. The number of amides is 1.